The fraction of sp³-hybridized carbons (Fsp3) is 0.538. The molecule has 0 fully saturated rings. The van der Waals surface area contributed by atoms with Crippen molar-refractivity contribution in [1.82, 2.24) is 14.5 Å². The molecule has 0 aliphatic rings. The molecular weight excluding hydrogens is 212 g/mol. The summed E-state index contributed by atoms with van der Waals surface area (Å²) in [4.78, 5) is 8.42. The molecule has 2 rings (SSSR count). The third kappa shape index (κ3) is 2.12. The van der Waals surface area contributed by atoms with Crippen molar-refractivity contribution in [2.75, 3.05) is 5.73 Å². The van der Waals surface area contributed by atoms with Crippen LogP contribution in [0.25, 0.3) is 11.0 Å². The summed E-state index contributed by atoms with van der Waals surface area (Å²) in [6, 6.07) is 0.364. The Balaban J connectivity index is 0.00000144. The molecular formula is C13H22N4. The van der Waals surface area contributed by atoms with Gasteiger partial charge in [-0.1, -0.05) is 21.3 Å². The van der Waals surface area contributed by atoms with Crippen LogP contribution in [0.4, 0.5) is 5.82 Å². The number of nitrogens with two attached hydrogens (primary N) is 1. The van der Waals surface area contributed by atoms with Gasteiger partial charge in [-0.05, 0) is 25.3 Å². The summed E-state index contributed by atoms with van der Waals surface area (Å²) in [6.45, 7) is 8.60. The molecule has 4 nitrogen and oxygen atoms in total. The third-order valence-electron chi connectivity index (χ3n) is 2.84. The fourth-order valence-electron chi connectivity index (χ4n) is 1.96. The molecule has 2 N–H and O–H groups in total. The van der Waals surface area contributed by atoms with E-state index < -0.39 is 0 Å². The third-order valence-corrected chi connectivity index (χ3v) is 2.84. The van der Waals surface area contributed by atoms with Crippen LogP contribution in [0.5, 0.6) is 0 Å². The molecule has 0 atom stereocenters. The lowest BCUT2D eigenvalue weighted by molar-refractivity contribution is 0.619. The highest BCUT2D eigenvalue weighted by Crippen LogP contribution is 2.30. The summed E-state index contributed by atoms with van der Waals surface area (Å²) in [5, 5.41) is 0. The molecule has 17 heavy (non-hydrogen) atoms. The molecule has 2 heterocycles. The van der Waals surface area contributed by atoms with Crippen molar-refractivity contribution in [1.29, 1.82) is 0 Å². The highest BCUT2D eigenvalue weighted by Gasteiger charge is 2.16. The van der Waals surface area contributed by atoms with Crippen molar-refractivity contribution in [3.8, 4) is 0 Å². The summed E-state index contributed by atoms with van der Waals surface area (Å²) < 4.78 is 2.15. The second-order valence-corrected chi connectivity index (χ2v) is 4.70. The Morgan fingerprint density at radius 2 is 1.82 bits per heavy atom. The van der Waals surface area contributed by atoms with Crippen LogP contribution in [0.1, 0.15) is 52.6 Å². The Morgan fingerprint density at radius 1 is 1.18 bits per heavy atom. The minimum atomic E-state index is 0. The zero-order valence-corrected chi connectivity index (χ0v) is 10.2. The summed E-state index contributed by atoms with van der Waals surface area (Å²) in [5.41, 5.74) is 9.11. The van der Waals surface area contributed by atoms with Crippen LogP contribution in [0.3, 0.4) is 0 Å². The van der Waals surface area contributed by atoms with Crippen molar-refractivity contribution >= 4 is 16.9 Å². The van der Waals surface area contributed by atoms with Crippen molar-refractivity contribution in [3.05, 3.63) is 18.1 Å². The number of nitrogens with zero attached hydrogens (tertiary/aromatic N) is 3. The van der Waals surface area contributed by atoms with E-state index in [1.807, 2.05) is 0 Å². The van der Waals surface area contributed by atoms with E-state index in [1.165, 1.54) is 11.9 Å². The van der Waals surface area contributed by atoms with E-state index in [4.69, 9.17) is 5.73 Å². The molecule has 0 saturated carbocycles. The van der Waals surface area contributed by atoms with E-state index in [-0.39, 0.29) is 7.43 Å². The molecule has 0 saturated heterocycles. The zero-order valence-electron chi connectivity index (χ0n) is 10.2. The minimum Gasteiger partial charge on any atom is -0.382 e. The lowest BCUT2D eigenvalue weighted by Gasteiger charge is -2.09. The predicted octanol–water partition coefficient (Wildman–Crippen LogP) is 3.35. The van der Waals surface area contributed by atoms with E-state index in [0.29, 0.717) is 17.8 Å². The summed E-state index contributed by atoms with van der Waals surface area (Å²) in [5.74, 6) is 1.00. The standard InChI is InChI=1S/C12H18N4.CH4/c1-7(2)9-5-16(8(3)4)11-10(9)14-6-15-12(11)13;/h5-8H,1-4H3,(H2,13,14,15);1H4. The predicted molar refractivity (Wildman–Crippen MR) is 73.1 cm³/mol. The van der Waals surface area contributed by atoms with Crippen LogP contribution in [0.2, 0.25) is 0 Å². The van der Waals surface area contributed by atoms with Gasteiger partial charge in [0.25, 0.3) is 0 Å². The first-order chi connectivity index (χ1) is 7.52. The van der Waals surface area contributed by atoms with Crippen LogP contribution in [0, 0.1) is 0 Å². The van der Waals surface area contributed by atoms with Crippen molar-refractivity contribution in [2.45, 2.75) is 47.1 Å². The first-order valence-electron chi connectivity index (χ1n) is 5.63. The molecule has 0 aliphatic carbocycles. The number of anilines is 1. The highest BCUT2D eigenvalue weighted by molar-refractivity contribution is 5.88. The quantitative estimate of drug-likeness (QED) is 0.866. The van der Waals surface area contributed by atoms with Gasteiger partial charge in [0.05, 0.1) is 5.52 Å². The Kier molecular flexibility index (Phi) is 3.76. The van der Waals surface area contributed by atoms with Gasteiger partial charge in [0.2, 0.25) is 0 Å². The maximum atomic E-state index is 5.94. The number of aromatic nitrogens is 3. The van der Waals surface area contributed by atoms with Crippen LogP contribution >= 0.6 is 0 Å². The van der Waals surface area contributed by atoms with Crippen molar-refractivity contribution < 1.29 is 0 Å². The number of hydrogen-bond acceptors (Lipinski definition) is 3. The summed E-state index contributed by atoms with van der Waals surface area (Å²) >= 11 is 0. The van der Waals surface area contributed by atoms with Gasteiger partial charge in [0.1, 0.15) is 11.8 Å². The van der Waals surface area contributed by atoms with E-state index >= 15 is 0 Å². The molecule has 2 aromatic heterocycles. The molecule has 0 aromatic carbocycles. The van der Waals surface area contributed by atoms with Gasteiger partial charge in [-0.2, -0.15) is 0 Å². The van der Waals surface area contributed by atoms with Gasteiger partial charge < -0.3 is 10.3 Å². The topological polar surface area (TPSA) is 56.7 Å². The first-order valence-corrected chi connectivity index (χ1v) is 5.63. The second kappa shape index (κ2) is 4.73. The molecule has 0 radical (unpaired) electrons. The van der Waals surface area contributed by atoms with Gasteiger partial charge in [-0.25, -0.2) is 9.97 Å². The Bertz CT molecular complexity index is 511. The molecule has 2 aromatic rings. The minimum absolute atomic E-state index is 0. The van der Waals surface area contributed by atoms with E-state index in [9.17, 15) is 0 Å². The van der Waals surface area contributed by atoms with Gasteiger partial charge in [-0.3, -0.25) is 0 Å². The number of nitrogen functional groups attached to an aromatic ring is 1. The maximum absolute atomic E-state index is 5.94. The van der Waals surface area contributed by atoms with E-state index in [2.05, 4.69) is 48.4 Å². The van der Waals surface area contributed by atoms with Crippen molar-refractivity contribution in [3.63, 3.8) is 0 Å². The lowest BCUT2D eigenvalue weighted by atomic mass is 10.1. The first kappa shape index (κ1) is 13.5. The average molecular weight is 234 g/mol. The summed E-state index contributed by atoms with van der Waals surface area (Å²) in [7, 11) is 0. The fourth-order valence-corrected chi connectivity index (χ4v) is 1.96. The number of hydrogen-bond donors (Lipinski definition) is 1. The van der Waals surface area contributed by atoms with Crippen LogP contribution in [0.15, 0.2) is 12.5 Å². The highest BCUT2D eigenvalue weighted by atomic mass is 15.1. The molecule has 0 aliphatic heterocycles. The number of rotatable bonds is 2. The van der Waals surface area contributed by atoms with Crippen LogP contribution in [-0.2, 0) is 0 Å². The van der Waals surface area contributed by atoms with Gasteiger partial charge in [-0.15, -0.1) is 0 Å². The van der Waals surface area contributed by atoms with Crippen LogP contribution < -0.4 is 5.73 Å². The Morgan fingerprint density at radius 3 is 2.35 bits per heavy atom. The van der Waals surface area contributed by atoms with Crippen molar-refractivity contribution in [2.24, 2.45) is 0 Å². The lowest BCUT2D eigenvalue weighted by Crippen LogP contribution is -2.02. The van der Waals surface area contributed by atoms with Crippen LogP contribution in [-0.4, -0.2) is 14.5 Å². The monoisotopic (exact) mass is 234 g/mol. The van der Waals surface area contributed by atoms with Gasteiger partial charge >= 0.3 is 0 Å². The molecule has 0 unspecified atom stereocenters. The maximum Gasteiger partial charge on any atom is 0.151 e. The number of fused-ring (bicyclic) bond motifs is 1. The summed E-state index contributed by atoms with van der Waals surface area (Å²) in [6.07, 6.45) is 3.68. The molecule has 0 bridgehead atoms. The zero-order chi connectivity index (χ0) is 11.9. The normalized spacial score (nSPS) is 11.2. The average Bonchev–Trinajstić information content (AvgIpc) is 2.58. The molecule has 0 spiro atoms. The smallest absolute Gasteiger partial charge is 0.151 e. The molecule has 4 heteroatoms. The van der Waals surface area contributed by atoms with E-state index in [0.717, 1.165) is 11.0 Å². The largest absolute Gasteiger partial charge is 0.382 e. The second-order valence-electron chi connectivity index (χ2n) is 4.70. The Hall–Kier alpha value is -1.58. The van der Waals surface area contributed by atoms with Gasteiger partial charge in [0.15, 0.2) is 5.82 Å². The SMILES string of the molecule is C.CC(C)c1cn(C(C)C)c2c(N)ncnc12. The van der Waals surface area contributed by atoms with E-state index in [1.54, 1.807) is 0 Å². The molecule has 94 valence electrons. The van der Waals surface area contributed by atoms with Gasteiger partial charge in [0, 0.05) is 12.2 Å². The molecule has 0 amide bonds. The Labute approximate surface area is 103 Å².